The van der Waals surface area contributed by atoms with E-state index in [0.29, 0.717) is 0 Å². The van der Waals surface area contributed by atoms with Gasteiger partial charge in [0, 0.05) is 17.8 Å². The van der Waals surface area contributed by atoms with Crippen LogP contribution >= 0.6 is 0 Å². The number of hydrogen-bond donors (Lipinski definition) is 3. The van der Waals surface area contributed by atoms with Crippen LogP contribution in [0.1, 0.15) is 27.2 Å². The molecule has 8 heteroatoms. The molecule has 0 amide bonds. The molecule has 0 radical (unpaired) electrons. The molecule has 0 aliphatic carbocycles. The van der Waals surface area contributed by atoms with Gasteiger partial charge in [0.15, 0.2) is 0 Å². The predicted molar refractivity (Wildman–Crippen MR) is 75.5 cm³/mol. The first-order chi connectivity index (χ1) is 9.83. The molecule has 0 unspecified atom stereocenters. The number of sulfonamides is 1. The molecule has 7 nitrogen and oxygen atoms in total. The molecule has 1 aromatic heterocycles. The largest absolute Gasteiger partial charge is 0.478 e. The average Bonchev–Trinajstić information content (AvgIpc) is 2.82. The minimum Gasteiger partial charge on any atom is -0.478 e. The van der Waals surface area contributed by atoms with Crippen LogP contribution in [0.2, 0.25) is 0 Å². The number of H-pyrrole nitrogens is 1. The first-order valence-electron chi connectivity index (χ1n) is 6.14. The van der Waals surface area contributed by atoms with Gasteiger partial charge in [0.05, 0.1) is 16.7 Å². The van der Waals surface area contributed by atoms with E-state index < -0.39 is 16.0 Å². The fourth-order valence-corrected chi connectivity index (χ4v) is 3.21. The summed E-state index contributed by atoms with van der Waals surface area (Å²) in [5.41, 5.74) is 1.68. The molecule has 0 bridgehead atoms. The van der Waals surface area contributed by atoms with E-state index >= 15 is 0 Å². The first-order valence-corrected chi connectivity index (χ1v) is 7.62. The van der Waals surface area contributed by atoms with Crippen LogP contribution in [0.3, 0.4) is 0 Å². The molecule has 3 N–H and O–H groups in total. The van der Waals surface area contributed by atoms with Gasteiger partial charge >= 0.3 is 5.97 Å². The molecule has 0 saturated heterocycles. The molecule has 1 aromatic carbocycles. The number of carboxylic acid groups (broad SMARTS) is 1. The summed E-state index contributed by atoms with van der Waals surface area (Å²) in [6.45, 7) is 3.34. The standard InChI is InChI=1S/C13H15N3O4S/c1-8-11(13(17)18)4-3-5-12(8)21(19,20)15-7-10-6-14-16-9(10)2/h3-6,15H,7H2,1-2H3,(H,14,16)(H,17,18). The van der Waals surface area contributed by atoms with E-state index in [9.17, 15) is 13.2 Å². The molecule has 0 spiro atoms. The van der Waals surface area contributed by atoms with Gasteiger partial charge in [0.25, 0.3) is 0 Å². The number of aromatic nitrogens is 2. The number of nitrogens with one attached hydrogen (secondary N) is 2. The van der Waals surface area contributed by atoms with Crippen LogP contribution in [0.15, 0.2) is 29.3 Å². The molecule has 0 atom stereocenters. The number of carbonyl (C=O) groups is 1. The third-order valence-electron chi connectivity index (χ3n) is 3.19. The highest BCUT2D eigenvalue weighted by Gasteiger charge is 2.20. The summed E-state index contributed by atoms with van der Waals surface area (Å²) in [6.07, 6.45) is 1.54. The number of carboxylic acids is 1. The van der Waals surface area contributed by atoms with Crippen LogP contribution in [-0.4, -0.2) is 29.7 Å². The van der Waals surface area contributed by atoms with E-state index in [0.717, 1.165) is 11.3 Å². The van der Waals surface area contributed by atoms with Crippen LogP contribution < -0.4 is 4.72 Å². The summed E-state index contributed by atoms with van der Waals surface area (Å²) in [4.78, 5) is 11.0. The van der Waals surface area contributed by atoms with Crippen molar-refractivity contribution in [3.8, 4) is 0 Å². The summed E-state index contributed by atoms with van der Waals surface area (Å²) < 4.78 is 27.0. The lowest BCUT2D eigenvalue weighted by molar-refractivity contribution is 0.0696. The van der Waals surface area contributed by atoms with Crippen molar-refractivity contribution in [3.63, 3.8) is 0 Å². The molecule has 21 heavy (non-hydrogen) atoms. The second-order valence-corrected chi connectivity index (χ2v) is 6.31. The van der Waals surface area contributed by atoms with Crippen LogP contribution in [0.5, 0.6) is 0 Å². The Morgan fingerprint density at radius 3 is 2.67 bits per heavy atom. The molecule has 112 valence electrons. The van der Waals surface area contributed by atoms with Crippen LogP contribution in [0.25, 0.3) is 0 Å². The average molecular weight is 309 g/mol. The van der Waals surface area contributed by atoms with Crippen molar-refractivity contribution in [2.45, 2.75) is 25.3 Å². The third-order valence-corrected chi connectivity index (χ3v) is 4.74. The van der Waals surface area contributed by atoms with E-state index in [1.54, 1.807) is 13.1 Å². The van der Waals surface area contributed by atoms with Crippen LogP contribution in [-0.2, 0) is 16.6 Å². The van der Waals surface area contributed by atoms with Gasteiger partial charge in [-0.3, -0.25) is 5.10 Å². The molecule has 0 aliphatic heterocycles. The number of aromatic carboxylic acids is 1. The lowest BCUT2D eigenvalue weighted by Crippen LogP contribution is -2.24. The van der Waals surface area contributed by atoms with E-state index in [1.165, 1.54) is 25.1 Å². The predicted octanol–water partition coefficient (Wildman–Crippen LogP) is 1.20. The summed E-state index contributed by atoms with van der Waals surface area (Å²) >= 11 is 0. The number of aryl methyl sites for hydroxylation is 1. The molecular weight excluding hydrogens is 294 g/mol. The summed E-state index contributed by atoms with van der Waals surface area (Å²) in [6, 6.07) is 4.16. The van der Waals surface area contributed by atoms with Crippen molar-refractivity contribution in [2.24, 2.45) is 0 Å². The minimum atomic E-state index is -3.79. The Bertz CT molecular complexity index is 780. The number of aromatic amines is 1. The Kier molecular flexibility index (Phi) is 4.10. The SMILES string of the molecule is Cc1[nH]ncc1CNS(=O)(=O)c1cccc(C(=O)O)c1C. The van der Waals surface area contributed by atoms with Crippen molar-refractivity contribution in [1.29, 1.82) is 0 Å². The summed E-state index contributed by atoms with van der Waals surface area (Å²) in [7, 11) is -3.79. The molecule has 2 aromatic rings. The number of benzene rings is 1. The maximum atomic E-state index is 12.3. The fraction of sp³-hybridized carbons (Fsp3) is 0.231. The monoisotopic (exact) mass is 309 g/mol. The first kappa shape index (κ1) is 15.2. The molecule has 0 saturated carbocycles. The highest BCUT2D eigenvalue weighted by molar-refractivity contribution is 7.89. The normalized spacial score (nSPS) is 11.5. The van der Waals surface area contributed by atoms with Crippen LogP contribution in [0, 0.1) is 13.8 Å². The molecule has 1 heterocycles. The zero-order chi connectivity index (χ0) is 15.6. The smallest absolute Gasteiger partial charge is 0.335 e. The number of hydrogen-bond acceptors (Lipinski definition) is 4. The van der Waals surface area contributed by atoms with Gasteiger partial charge in [-0.1, -0.05) is 6.07 Å². The summed E-state index contributed by atoms with van der Waals surface area (Å²) in [5.74, 6) is -1.16. The summed E-state index contributed by atoms with van der Waals surface area (Å²) in [5, 5.41) is 15.6. The maximum Gasteiger partial charge on any atom is 0.335 e. The molecule has 2 rings (SSSR count). The van der Waals surface area contributed by atoms with Crippen molar-refractivity contribution in [1.82, 2.24) is 14.9 Å². The lowest BCUT2D eigenvalue weighted by Gasteiger charge is -2.10. The van der Waals surface area contributed by atoms with E-state index in [4.69, 9.17) is 5.11 Å². The number of rotatable bonds is 5. The van der Waals surface area contributed by atoms with Crippen molar-refractivity contribution >= 4 is 16.0 Å². The number of nitrogens with zero attached hydrogens (tertiary/aromatic N) is 1. The van der Waals surface area contributed by atoms with Gasteiger partial charge < -0.3 is 5.11 Å². The Morgan fingerprint density at radius 2 is 2.10 bits per heavy atom. The van der Waals surface area contributed by atoms with Gasteiger partial charge in [-0.25, -0.2) is 17.9 Å². The van der Waals surface area contributed by atoms with E-state index in [1.807, 2.05) is 0 Å². The molecule has 0 fully saturated rings. The third kappa shape index (κ3) is 3.11. The fourth-order valence-electron chi connectivity index (χ4n) is 1.94. The van der Waals surface area contributed by atoms with Gasteiger partial charge in [0.2, 0.25) is 10.0 Å². The lowest BCUT2D eigenvalue weighted by atomic mass is 10.1. The molecule has 0 aliphatic rings. The highest BCUT2D eigenvalue weighted by atomic mass is 32.2. The van der Waals surface area contributed by atoms with E-state index in [2.05, 4.69) is 14.9 Å². The van der Waals surface area contributed by atoms with Crippen molar-refractivity contribution in [2.75, 3.05) is 0 Å². The second-order valence-electron chi connectivity index (χ2n) is 4.58. The van der Waals surface area contributed by atoms with E-state index in [-0.39, 0.29) is 22.6 Å². The zero-order valence-electron chi connectivity index (χ0n) is 11.5. The minimum absolute atomic E-state index is 0.0302. The second kappa shape index (κ2) is 5.66. The van der Waals surface area contributed by atoms with Gasteiger partial charge in [-0.15, -0.1) is 0 Å². The topological polar surface area (TPSA) is 112 Å². The molecular formula is C13H15N3O4S. The van der Waals surface area contributed by atoms with Gasteiger partial charge in [-0.05, 0) is 31.5 Å². The quantitative estimate of drug-likeness (QED) is 0.768. The Morgan fingerprint density at radius 1 is 1.38 bits per heavy atom. The van der Waals surface area contributed by atoms with Gasteiger partial charge in [-0.2, -0.15) is 5.10 Å². The van der Waals surface area contributed by atoms with Crippen molar-refractivity contribution in [3.05, 3.63) is 46.8 Å². The van der Waals surface area contributed by atoms with Crippen LogP contribution in [0.4, 0.5) is 0 Å². The zero-order valence-corrected chi connectivity index (χ0v) is 12.4. The van der Waals surface area contributed by atoms with Gasteiger partial charge in [0.1, 0.15) is 0 Å². The van der Waals surface area contributed by atoms with Crippen molar-refractivity contribution < 1.29 is 18.3 Å². The maximum absolute atomic E-state index is 12.3. The Balaban J connectivity index is 2.30. The Hall–Kier alpha value is -2.19. The Labute approximate surface area is 122 Å². The highest BCUT2D eigenvalue weighted by Crippen LogP contribution is 2.19.